The number of hydrogen-bond acceptors (Lipinski definition) is 4. The van der Waals surface area contributed by atoms with Gasteiger partial charge in [0.25, 0.3) is 0 Å². The van der Waals surface area contributed by atoms with E-state index in [0.717, 1.165) is 12.5 Å². The molecular weight excluding hydrogens is 240 g/mol. The van der Waals surface area contributed by atoms with Gasteiger partial charge in [-0.3, -0.25) is 4.79 Å². The van der Waals surface area contributed by atoms with Crippen LogP contribution in [0.2, 0.25) is 0 Å². The Morgan fingerprint density at radius 2 is 2.00 bits per heavy atom. The van der Waals surface area contributed by atoms with Crippen LogP contribution in [-0.4, -0.2) is 49.7 Å². The molecule has 0 aliphatic heterocycles. The molecule has 0 spiro atoms. The van der Waals surface area contributed by atoms with Gasteiger partial charge in [-0.1, -0.05) is 33.6 Å². The highest BCUT2D eigenvalue weighted by Crippen LogP contribution is 2.27. The largest absolute Gasteiger partial charge is 0.468 e. The fraction of sp³-hybridized carbons (Fsp3) is 0.933. The highest BCUT2D eigenvalue weighted by Gasteiger charge is 2.29. The molecule has 1 fully saturated rings. The van der Waals surface area contributed by atoms with Crippen molar-refractivity contribution in [2.75, 3.05) is 20.7 Å². The predicted molar refractivity (Wildman–Crippen MR) is 78.1 cm³/mol. The van der Waals surface area contributed by atoms with Crippen molar-refractivity contribution in [2.45, 2.75) is 64.6 Å². The number of likely N-dealkylation sites (N-methyl/N-ethyl adjacent to an activating group) is 1. The van der Waals surface area contributed by atoms with Gasteiger partial charge in [0.1, 0.15) is 6.04 Å². The van der Waals surface area contributed by atoms with Gasteiger partial charge in [0.2, 0.25) is 0 Å². The molecule has 0 amide bonds. The number of carbonyl (C=O) groups is 1. The number of carbonyl (C=O) groups excluding carboxylic acids is 1. The molecule has 0 aromatic rings. The smallest absolute Gasteiger partial charge is 0.324 e. The molecule has 0 aromatic carbocycles. The molecule has 1 rings (SSSR count). The fourth-order valence-corrected chi connectivity index (χ4v) is 3.11. The lowest BCUT2D eigenvalue weighted by Crippen LogP contribution is -2.51. The Balaban J connectivity index is 2.58. The number of hydrogen-bond donors (Lipinski definition) is 1. The van der Waals surface area contributed by atoms with E-state index in [1.807, 2.05) is 0 Å². The van der Waals surface area contributed by atoms with E-state index in [2.05, 4.69) is 38.0 Å². The lowest BCUT2D eigenvalue weighted by molar-refractivity contribution is -0.144. The Kier molecular flexibility index (Phi) is 6.80. The Hall–Kier alpha value is -0.610. The first-order chi connectivity index (χ1) is 8.95. The minimum atomic E-state index is -0.232. The van der Waals surface area contributed by atoms with Gasteiger partial charge < -0.3 is 15.0 Å². The minimum Gasteiger partial charge on any atom is -0.468 e. The van der Waals surface area contributed by atoms with E-state index in [1.165, 1.54) is 32.8 Å². The Bertz CT molecular complexity index is 281. The van der Waals surface area contributed by atoms with Gasteiger partial charge in [0.15, 0.2) is 0 Å². The first-order valence-electron chi connectivity index (χ1n) is 7.49. The molecule has 3 atom stereocenters. The highest BCUT2D eigenvalue weighted by atomic mass is 16.5. The Morgan fingerprint density at radius 1 is 1.37 bits per heavy atom. The lowest BCUT2D eigenvalue weighted by atomic mass is 9.85. The van der Waals surface area contributed by atoms with E-state index in [0.29, 0.717) is 6.04 Å². The predicted octanol–water partition coefficient (Wildman–Crippen LogP) is 2.04. The summed E-state index contributed by atoms with van der Waals surface area (Å²) in [6, 6.07) is 0.639. The average Bonchev–Trinajstić information content (AvgIpc) is 2.36. The summed E-state index contributed by atoms with van der Waals surface area (Å²) in [5.41, 5.74) is 0. The van der Waals surface area contributed by atoms with Crippen LogP contribution in [0.4, 0.5) is 0 Å². The van der Waals surface area contributed by atoms with Crippen molar-refractivity contribution in [3.8, 4) is 0 Å². The Labute approximate surface area is 117 Å². The van der Waals surface area contributed by atoms with Gasteiger partial charge in [-0.05, 0) is 25.8 Å². The summed E-state index contributed by atoms with van der Waals surface area (Å²) >= 11 is 0. The molecule has 0 radical (unpaired) electrons. The molecule has 1 saturated carbocycles. The Morgan fingerprint density at radius 3 is 2.53 bits per heavy atom. The van der Waals surface area contributed by atoms with Crippen LogP contribution in [0.15, 0.2) is 0 Å². The van der Waals surface area contributed by atoms with Crippen LogP contribution in [0, 0.1) is 5.92 Å². The van der Waals surface area contributed by atoms with E-state index in [-0.39, 0.29) is 18.1 Å². The van der Waals surface area contributed by atoms with Gasteiger partial charge in [0.05, 0.1) is 7.11 Å². The van der Waals surface area contributed by atoms with E-state index < -0.39 is 0 Å². The van der Waals surface area contributed by atoms with Crippen LogP contribution in [0.3, 0.4) is 0 Å². The number of nitrogens with one attached hydrogen (secondary N) is 1. The summed E-state index contributed by atoms with van der Waals surface area (Å²) in [6.07, 6.45) is 5.19. The van der Waals surface area contributed by atoms with Crippen molar-refractivity contribution in [3.63, 3.8) is 0 Å². The second kappa shape index (κ2) is 7.85. The monoisotopic (exact) mass is 270 g/mol. The first kappa shape index (κ1) is 16.4. The number of esters is 1. The summed E-state index contributed by atoms with van der Waals surface area (Å²) in [5, 5.41) is 3.30. The molecule has 0 saturated heterocycles. The first-order valence-corrected chi connectivity index (χ1v) is 7.49. The molecule has 1 aliphatic rings. The van der Waals surface area contributed by atoms with Crippen molar-refractivity contribution in [2.24, 2.45) is 5.92 Å². The second-order valence-corrected chi connectivity index (χ2v) is 6.17. The molecule has 3 unspecified atom stereocenters. The van der Waals surface area contributed by atoms with Crippen LogP contribution in [0.25, 0.3) is 0 Å². The van der Waals surface area contributed by atoms with E-state index >= 15 is 0 Å². The van der Waals surface area contributed by atoms with Gasteiger partial charge >= 0.3 is 5.97 Å². The standard InChI is InChI=1S/C15H30N2O2/c1-11(2)16-13(15(18)19-5)10-17(4)14-9-7-6-8-12(14)3/h11-14,16H,6-10H2,1-5H3. The number of rotatable bonds is 6. The molecule has 4 heteroatoms. The van der Waals surface area contributed by atoms with Crippen LogP contribution in [0.1, 0.15) is 46.5 Å². The molecule has 1 aliphatic carbocycles. The quantitative estimate of drug-likeness (QED) is 0.750. The maximum Gasteiger partial charge on any atom is 0.324 e. The van der Waals surface area contributed by atoms with Crippen LogP contribution in [0.5, 0.6) is 0 Å². The lowest BCUT2D eigenvalue weighted by Gasteiger charge is -2.37. The van der Waals surface area contributed by atoms with Crippen LogP contribution < -0.4 is 5.32 Å². The third-order valence-corrected chi connectivity index (χ3v) is 4.12. The van der Waals surface area contributed by atoms with Crippen LogP contribution in [-0.2, 0) is 9.53 Å². The summed E-state index contributed by atoms with van der Waals surface area (Å²) in [4.78, 5) is 14.2. The van der Waals surface area contributed by atoms with Gasteiger partial charge in [-0.15, -0.1) is 0 Å². The van der Waals surface area contributed by atoms with Crippen molar-refractivity contribution in [1.29, 1.82) is 0 Å². The highest BCUT2D eigenvalue weighted by molar-refractivity contribution is 5.76. The number of ether oxygens (including phenoxy) is 1. The zero-order chi connectivity index (χ0) is 14.4. The topological polar surface area (TPSA) is 41.6 Å². The average molecular weight is 270 g/mol. The van der Waals surface area contributed by atoms with Crippen molar-refractivity contribution in [1.82, 2.24) is 10.2 Å². The third kappa shape index (κ3) is 5.11. The van der Waals surface area contributed by atoms with Crippen molar-refractivity contribution >= 4 is 5.97 Å². The zero-order valence-electron chi connectivity index (χ0n) is 13.1. The van der Waals surface area contributed by atoms with Gasteiger partial charge in [-0.25, -0.2) is 0 Å². The fourth-order valence-electron chi connectivity index (χ4n) is 3.11. The maximum atomic E-state index is 11.8. The SMILES string of the molecule is COC(=O)C(CN(C)C1CCCCC1C)NC(C)C. The maximum absolute atomic E-state index is 11.8. The van der Waals surface area contributed by atoms with E-state index in [1.54, 1.807) is 0 Å². The molecule has 0 aromatic heterocycles. The molecule has 0 bridgehead atoms. The number of nitrogens with zero attached hydrogens (tertiary/aromatic N) is 1. The van der Waals surface area contributed by atoms with Gasteiger partial charge in [0, 0.05) is 18.6 Å². The van der Waals surface area contributed by atoms with Crippen molar-refractivity contribution in [3.05, 3.63) is 0 Å². The summed E-state index contributed by atoms with van der Waals surface area (Å²) < 4.78 is 4.90. The second-order valence-electron chi connectivity index (χ2n) is 6.17. The molecule has 4 nitrogen and oxygen atoms in total. The molecule has 1 N–H and O–H groups in total. The van der Waals surface area contributed by atoms with Gasteiger partial charge in [-0.2, -0.15) is 0 Å². The van der Waals surface area contributed by atoms with Crippen LogP contribution >= 0.6 is 0 Å². The molecular formula is C15H30N2O2. The summed E-state index contributed by atoms with van der Waals surface area (Å²) in [6.45, 7) is 7.15. The molecule has 19 heavy (non-hydrogen) atoms. The zero-order valence-corrected chi connectivity index (χ0v) is 13.1. The van der Waals surface area contributed by atoms with Crippen molar-refractivity contribution < 1.29 is 9.53 Å². The molecule has 0 heterocycles. The summed E-state index contributed by atoms with van der Waals surface area (Å²) in [7, 11) is 3.59. The normalized spacial score (nSPS) is 25.6. The third-order valence-electron chi connectivity index (χ3n) is 4.12. The summed E-state index contributed by atoms with van der Waals surface area (Å²) in [5.74, 6) is 0.556. The minimum absolute atomic E-state index is 0.163. The molecule has 112 valence electrons. The van der Waals surface area contributed by atoms with E-state index in [9.17, 15) is 4.79 Å². The van der Waals surface area contributed by atoms with E-state index in [4.69, 9.17) is 4.74 Å². The number of methoxy groups -OCH3 is 1.